The van der Waals surface area contributed by atoms with E-state index in [1.807, 2.05) is 0 Å². The molecule has 0 saturated carbocycles. The van der Waals surface area contributed by atoms with Gasteiger partial charge in [-0.2, -0.15) is 0 Å². The number of likely N-dealkylation sites (N-methyl/N-ethyl adjacent to an activating group) is 1. The molecule has 0 radical (unpaired) electrons. The summed E-state index contributed by atoms with van der Waals surface area (Å²) in [5.41, 5.74) is 0. The standard InChI is InChI=1S/C9H18N2O/c1-9-8-11(6-7-12)5-3-4-10(9)2/h7,9H,3-6,8H2,1-2H3. The molecule has 3 heteroatoms. The van der Waals surface area contributed by atoms with E-state index in [1.54, 1.807) is 0 Å². The van der Waals surface area contributed by atoms with Crippen molar-refractivity contribution in [1.82, 2.24) is 9.80 Å². The Hall–Kier alpha value is -0.410. The first kappa shape index (κ1) is 9.68. The molecule has 1 aliphatic rings. The lowest BCUT2D eigenvalue weighted by Gasteiger charge is -2.24. The minimum Gasteiger partial charge on any atom is -0.302 e. The van der Waals surface area contributed by atoms with Gasteiger partial charge in [0, 0.05) is 12.6 Å². The molecule has 3 nitrogen and oxygen atoms in total. The summed E-state index contributed by atoms with van der Waals surface area (Å²) in [5, 5.41) is 0. The Morgan fingerprint density at radius 2 is 2.25 bits per heavy atom. The summed E-state index contributed by atoms with van der Waals surface area (Å²) < 4.78 is 0. The van der Waals surface area contributed by atoms with Crippen molar-refractivity contribution in [2.45, 2.75) is 19.4 Å². The maximum absolute atomic E-state index is 10.3. The van der Waals surface area contributed by atoms with Gasteiger partial charge in [-0.15, -0.1) is 0 Å². The first-order valence-corrected chi connectivity index (χ1v) is 4.60. The van der Waals surface area contributed by atoms with Crippen LogP contribution in [-0.4, -0.2) is 55.4 Å². The van der Waals surface area contributed by atoms with Gasteiger partial charge in [0.2, 0.25) is 0 Å². The summed E-state index contributed by atoms with van der Waals surface area (Å²) in [6.07, 6.45) is 2.17. The van der Waals surface area contributed by atoms with Gasteiger partial charge in [-0.05, 0) is 33.5 Å². The molecule has 1 heterocycles. The molecule has 0 aliphatic carbocycles. The van der Waals surface area contributed by atoms with Gasteiger partial charge >= 0.3 is 0 Å². The molecule has 1 atom stereocenters. The fraction of sp³-hybridized carbons (Fsp3) is 0.889. The molecule has 1 saturated heterocycles. The molecule has 1 fully saturated rings. The van der Waals surface area contributed by atoms with Crippen LogP contribution in [0, 0.1) is 0 Å². The second-order valence-corrected chi connectivity index (χ2v) is 3.61. The van der Waals surface area contributed by atoms with Crippen molar-refractivity contribution in [3.05, 3.63) is 0 Å². The molecular weight excluding hydrogens is 152 g/mol. The van der Waals surface area contributed by atoms with E-state index < -0.39 is 0 Å². The van der Waals surface area contributed by atoms with Crippen molar-refractivity contribution >= 4 is 6.29 Å². The second kappa shape index (κ2) is 4.58. The van der Waals surface area contributed by atoms with Crippen molar-refractivity contribution in [1.29, 1.82) is 0 Å². The Morgan fingerprint density at radius 1 is 1.50 bits per heavy atom. The first-order chi connectivity index (χ1) is 5.74. The molecule has 1 rings (SSSR count). The number of rotatable bonds is 2. The summed E-state index contributed by atoms with van der Waals surface area (Å²) in [6.45, 7) is 6.04. The molecular formula is C9H18N2O. The summed E-state index contributed by atoms with van der Waals surface area (Å²) in [7, 11) is 2.15. The lowest BCUT2D eigenvalue weighted by Crippen LogP contribution is -2.37. The third-order valence-corrected chi connectivity index (χ3v) is 2.59. The second-order valence-electron chi connectivity index (χ2n) is 3.61. The number of carbonyl (C=O) groups is 1. The molecule has 0 aromatic heterocycles. The minimum atomic E-state index is 0.576. The number of carbonyl (C=O) groups excluding carboxylic acids is 1. The van der Waals surface area contributed by atoms with E-state index in [4.69, 9.17) is 0 Å². The number of hydrogen-bond acceptors (Lipinski definition) is 3. The Bertz CT molecular complexity index is 149. The van der Waals surface area contributed by atoms with Crippen LogP contribution in [0.25, 0.3) is 0 Å². The van der Waals surface area contributed by atoms with Crippen molar-refractivity contribution in [3.63, 3.8) is 0 Å². The van der Waals surface area contributed by atoms with E-state index in [9.17, 15) is 4.79 Å². The van der Waals surface area contributed by atoms with Gasteiger partial charge < -0.3 is 9.69 Å². The predicted molar refractivity (Wildman–Crippen MR) is 49.2 cm³/mol. The topological polar surface area (TPSA) is 23.6 Å². The maximum Gasteiger partial charge on any atom is 0.133 e. The van der Waals surface area contributed by atoms with Crippen LogP contribution in [0.4, 0.5) is 0 Å². The van der Waals surface area contributed by atoms with Crippen LogP contribution in [-0.2, 0) is 4.79 Å². The van der Waals surface area contributed by atoms with Gasteiger partial charge in [0.05, 0.1) is 6.54 Å². The van der Waals surface area contributed by atoms with E-state index in [2.05, 4.69) is 23.8 Å². The van der Waals surface area contributed by atoms with E-state index in [0.29, 0.717) is 12.6 Å². The normalized spacial score (nSPS) is 28.3. The van der Waals surface area contributed by atoms with Gasteiger partial charge in [-0.1, -0.05) is 0 Å². The minimum absolute atomic E-state index is 0.576. The van der Waals surface area contributed by atoms with E-state index in [-0.39, 0.29) is 0 Å². The molecule has 70 valence electrons. The van der Waals surface area contributed by atoms with Gasteiger partial charge in [0.1, 0.15) is 6.29 Å². The van der Waals surface area contributed by atoms with Crippen molar-refractivity contribution in [2.24, 2.45) is 0 Å². The number of hydrogen-bond donors (Lipinski definition) is 0. The molecule has 0 amide bonds. The average molecular weight is 170 g/mol. The van der Waals surface area contributed by atoms with Crippen molar-refractivity contribution < 1.29 is 4.79 Å². The number of nitrogens with zero attached hydrogens (tertiary/aromatic N) is 2. The van der Waals surface area contributed by atoms with Crippen LogP contribution in [0.1, 0.15) is 13.3 Å². The molecule has 1 unspecified atom stereocenters. The summed E-state index contributed by atoms with van der Waals surface area (Å²) >= 11 is 0. The van der Waals surface area contributed by atoms with Crippen LogP contribution < -0.4 is 0 Å². The summed E-state index contributed by atoms with van der Waals surface area (Å²) in [6, 6.07) is 0.576. The molecule has 0 bridgehead atoms. The van der Waals surface area contributed by atoms with Crippen LogP contribution in [0.3, 0.4) is 0 Å². The highest BCUT2D eigenvalue weighted by Crippen LogP contribution is 2.06. The lowest BCUT2D eigenvalue weighted by molar-refractivity contribution is -0.108. The third kappa shape index (κ3) is 2.57. The van der Waals surface area contributed by atoms with Gasteiger partial charge in [0.15, 0.2) is 0 Å². The zero-order chi connectivity index (χ0) is 8.97. The van der Waals surface area contributed by atoms with Crippen LogP contribution >= 0.6 is 0 Å². The SMILES string of the molecule is CC1CN(CC=O)CCCN1C. The Labute approximate surface area is 74.3 Å². The number of aldehydes is 1. The molecule has 0 N–H and O–H groups in total. The lowest BCUT2D eigenvalue weighted by atomic mass is 10.3. The maximum atomic E-state index is 10.3. The van der Waals surface area contributed by atoms with Crippen molar-refractivity contribution in [3.8, 4) is 0 Å². The highest BCUT2D eigenvalue weighted by molar-refractivity contribution is 5.51. The smallest absolute Gasteiger partial charge is 0.133 e. The van der Waals surface area contributed by atoms with E-state index in [1.165, 1.54) is 6.42 Å². The van der Waals surface area contributed by atoms with Gasteiger partial charge in [0.25, 0.3) is 0 Å². The Morgan fingerprint density at radius 3 is 2.92 bits per heavy atom. The molecule has 0 aromatic rings. The highest BCUT2D eigenvalue weighted by Gasteiger charge is 2.17. The largest absolute Gasteiger partial charge is 0.302 e. The highest BCUT2D eigenvalue weighted by atomic mass is 16.1. The summed E-state index contributed by atoms with van der Waals surface area (Å²) in [5.74, 6) is 0. The van der Waals surface area contributed by atoms with Crippen LogP contribution in [0.5, 0.6) is 0 Å². The summed E-state index contributed by atoms with van der Waals surface area (Å²) in [4.78, 5) is 14.9. The van der Waals surface area contributed by atoms with Crippen LogP contribution in [0.2, 0.25) is 0 Å². The van der Waals surface area contributed by atoms with E-state index >= 15 is 0 Å². The third-order valence-electron chi connectivity index (χ3n) is 2.59. The zero-order valence-corrected chi connectivity index (χ0v) is 7.99. The van der Waals surface area contributed by atoms with Gasteiger partial charge in [-0.3, -0.25) is 4.90 Å². The first-order valence-electron chi connectivity index (χ1n) is 4.60. The Kier molecular flexibility index (Phi) is 3.69. The quantitative estimate of drug-likeness (QED) is 0.554. The molecule has 0 spiro atoms. The Balaban J connectivity index is 2.42. The molecule has 0 aromatic carbocycles. The molecule has 12 heavy (non-hydrogen) atoms. The average Bonchev–Trinajstić information content (AvgIpc) is 2.16. The fourth-order valence-corrected chi connectivity index (χ4v) is 1.64. The molecule has 1 aliphatic heterocycles. The van der Waals surface area contributed by atoms with Crippen molar-refractivity contribution in [2.75, 3.05) is 33.2 Å². The monoisotopic (exact) mass is 170 g/mol. The fourth-order valence-electron chi connectivity index (χ4n) is 1.64. The predicted octanol–water partition coefficient (Wildman–Crippen LogP) is 0.211. The van der Waals surface area contributed by atoms with Gasteiger partial charge in [-0.25, -0.2) is 0 Å². The zero-order valence-electron chi connectivity index (χ0n) is 7.99. The van der Waals surface area contributed by atoms with Crippen LogP contribution in [0.15, 0.2) is 0 Å². The van der Waals surface area contributed by atoms with E-state index in [0.717, 1.165) is 25.9 Å².